The van der Waals surface area contributed by atoms with E-state index in [2.05, 4.69) is 44.3 Å². The van der Waals surface area contributed by atoms with E-state index in [9.17, 15) is 0 Å². The fourth-order valence-corrected chi connectivity index (χ4v) is 3.04. The van der Waals surface area contributed by atoms with Gasteiger partial charge >= 0.3 is 0 Å². The van der Waals surface area contributed by atoms with Crippen LogP contribution in [0.15, 0.2) is 41.0 Å². The number of hydrogen-bond donors (Lipinski definition) is 1. The molecule has 0 spiro atoms. The molecule has 0 saturated carbocycles. The Labute approximate surface area is 128 Å². The highest BCUT2D eigenvalue weighted by Crippen LogP contribution is 2.31. The van der Waals surface area contributed by atoms with E-state index in [1.807, 2.05) is 12.1 Å². The Bertz CT molecular complexity index is 744. The summed E-state index contributed by atoms with van der Waals surface area (Å²) in [5.74, 6) is 0.913. The number of nitrogens with zero attached hydrogens (tertiary/aromatic N) is 1. The van der Waals surface area contributed by atoms with Crippen LogP contribution in [0.3, 0.4) is 0 Å². The Kier molecular flexibility index (Phi) is 3.80. The molecule has 3 aromatic rings. The van der Waals surface area contributed by atoms with E-state index in [1.54, 1.807) is 17.6 Å². The van der Waals surface area contributed by atoms with E-state index in [1.165, 1.54) is 21.6 Å². The zero-order valence-electron chi connectivity index (χ0n) is 12.4. The lowest BCUT2D eigenvalue weighted by Gasteiger charge is -2.03. The second kappa shape index (κ2) is 5.74. The quantitative estimate of drug-likeness (QED) is 0.741. The summed E-state index contributed by atoms with van der Waals surface area (Å²) in [6.07, 6.45) is 1.69. The second-order valence-corrected chi connectivity index (χ2v) is 6.36. The van der Waals surface area contributed by atoms with Crippen molar-refractivity contribution in [3.63, 3.8) is 0 Å². The van der Waals surface area contributed by atoms with Gasteiger partial charge in [0, 0.05) is 10.4 Å². The summed E-state index contributed by atoms with van der Waals surface area (Å²) in [5, 5.41) is 4.25. The molecule has 0 saturated heterocycles. The van der Waals surface area contributed by atoms with Crippen LogP contribution < -0.4 is 5.32 Å². The van der Waals surface area contributed by atoms with Crippen molar-refractivity contribution in [3.8, 4) is 11.3 Å². The van der Waals surface area contributed by atoms with Crippen molar-refractivity contribution >= 4 is 16.5 Å². The van der Waals surface area contributed by atoms with Crippen LogP contribution in [0.1, 0.15) is 21.8 Å². The molecule has 0 aliphatic carbocycles. The zero-order chi connectivity index (χ0) is 14.8. The summed E-state index contributed by atoms with van der Waals surface area (Å²) >= 11 is 1.68. The molecule has 2 heterocycles. The van der Waals surface area contributed by atoms with E-state index in [4.69, 9.17) is 9.40 Å². The van der Waals surface area contributed by atoms with Crippen LogP contribution in [0, 0.1) is 20.8 Å². The number of benzene rings is 1. The van der Waals surface area contributed by atoms with Gasteiger partial charge in [0.1, 0.15) is 5.76 Å². The van der Waals surface area contributed by atoms with Gasteiger partial charge in [-0.05, 0) is 50.1 Å². The number of anilines is 1. The molecule has 3 rings (SSSR count). The normalized spacial score (nSPS) is 10.8. The summed E-state index contributed by atoms with van der Waals surface area (Å²) in [4.78, 5) is 5.94. The molecule has 0 fully saturated rings. The number of hydrogen-bond acceptors (Lipinski definition) is 4. The zero-order valence-corrected chi connectivity index (χ0v) is 13.3. The van der Waals surface area contributed by atoms with Crippen LogP contribution in [0.4, 0.5) is 5.13 Å². The number of thiazole rings is 1. The molecular formula is C17H18N2OS. The lowest BCUT2D eigenvalue weighted by Crippen LogP contribution is -1.97. The van der Waals surface area contributed by atoms with Crippen LogP contribution >= 0.6 is 11.3 Å². The molecule has 3 nitrogen and oxygen atoms in total. The van der Waals surface area contributed by atoms with E-state index in [0.717, 1.165) is 16.6 Å². The van der Waals surface area contributed by atoms with Crippen molar-refractivity contribution in [1.82, 2.24) is 4.98 Å². The Hall–Kier alpha value is -2.07. The van der Waals surface area contributed by atoms with Gasteiger partial charge < -0.3 is 9.73 Å². The number of aromatic nitrogens is 1. The summed E-state index contributed by atoms with van der Waals surface area (Å²) in [7, 11) is 0. The Morgan fingerprint density at radius 3 is 2.71 bits per heavy atom. The smallest absolute Gasteiger partial charge is 0.183 e. The van der Waals surface area contributed by atoms with Crippen molar-refractivity contribution in [1.29, 1.82) is 0 Å². The third-order valence-corrected chi connectivity index (χ3v) is 4.50. The number of nitrogens with one attached hydrogen (secondary N) is 1. The first-order chi connectivity index (χ1) is 10.1. The maximum atomic E-state index is 5.32. The van der Waals surface area contributed by atoms with E-state index in [-0.39, 0.29) is 0 Å². The lowest BCUT2D eigenvalue weighted by atomic mass is 10.0. The standard InChI is InChI=1S/C17H18N2OS/c1-11-6-7-14(9-12(11)2)16-13(3)21-17(19-16)18-10-15-5-4-8-20-15/h4-9H,10H2,1-3H3,(H,18,19). The first-order valence-electron chi connectivity index (χ1n) is 6.95. The molecule has 0 unspecified atom stereocenters. The van der Waals surface area contributed by atoms with Crippen LogP contribution in [-0.2, 0) is 6.54 Å². The summed E-state index contributed by atoms with van der Waals surface area (Å²) in [6.45, 7) is 7.03. The summed E-state index contributed by atoms with van der Waals surface area (Å²) in [6, 6.07) is 10.3. The van der Waals surface area contributed by atoms with Crippen LogP contribution in [0.2, 0.25) is 0 Å². The highest BCUT2D eigenvalue weighted by atomic mass is 32.1. The summed E-state index contributed by atoms with van der Waals surface area (Å²) < 4.78 is 5.32. The molecule has 4 heteroatoms. The van der Waals surface area contributed by atoms with Gasteiger partial charge in [-0.25, -0.2) is 4.98 Å². The highest BCUT2D eigenvalue weighted by Gasteiger charge is 2.10. The maximum Gasteiger partial charge on any atom is 0.183 e. The molecule has 2 aromatic heterocycles. The summed E-state index contributed by atoms with van der Waals surface area (Å²) in [5.41, 5.74) is 4.84. The molecule has 1 N–H and O–H groups in total. The number of rotatable bonds is 4. The molecule has 0 radical (unpaired) electrons. The average molecular weight is 298 g/mol. The molecule has 21 heavy (non-hydrogen) atoms. The first-order valence-corrected chi connectivity index (χ1v) is 7.76. The molecule has 108 valence electrons. The van der Waals surface area contributed by atoms with Gasteiger partial charge in [0.25, 0.3) is 0 Å². The monoisotopic (exact) mass is 298 g/mol. The van der Waals surface area contributed by atoms with Crippen molar-refractivity contribution in [2.75, 3.05) is 5.32 Å². The van der Waals surface area contributed by atoms with Crippen LogP contribution in [0.5, 0.6) is 0 Å². The van der Waals surface area contributed by atoms with E-state index >= 15 is 0 Å². The van der Waals surface area contributed by atoms with Gasteiger partial charge in [0.2, 0.25) is 0 Å². The minimum absolute atomic E-state index is 0.659. The Morgan fingerprint density at radius 2 is 2.00 bits per heavy atom. The molecule has 0 aliphatic heterocycles. The van der Waals surface area contributed by atoms with Gasteiger partial charge in [-0.2, -0.15) is 0 Å². The molecule has 0 aliphatic rings. The topological polar surface area (TPSA) is 38.1 Å². The first kappa shape index (κ1) is 13.9. The predicted octanol–water partition coefficient (Wildman–Crippen LogP) is 4.94. The largest absolute Gasteiger partial charge is 0.467 e. The van der Waals surface area contributed by atoms with Crippen LogP contribution in [-0.4, -0.2) is 4.98 Å². The molecule has 0 bridgehead atoms. The van der Waals surface area contributed by atoms with Crippen molar-refractivity contribution in [3.05, 3.63) is 58.4 Å². The third kappa shape index (κ3) is 3.00. The number of aryl methyl sites for hydroxylation is 3. The molecule has 0 amide bonds. The van der Waals surface area contributed by atoms with Gasteiger partial charge in [-0.3, -0.25) is 0 Å². The molecule has 1 aromatic carbocycles. The molecule has 0 atom stereocenters. The third-order valence-electron chi connectivity index (χ3n) is 3.57. The average Bonchev–Trinajstić information content (AvgIpc) is 3.09. The van der Waals surface area contributed by atoms with Gasteiger partial charge in [0.05, 0.1) is 18.5 Å². The van der Waals surface area contributed by atoms with Crippen molar-refractivity contribution in [2.45, 2.75) is 27.3 Å². The molecular weight excluding hydrogens is 280 g/mol. The number of furan rings is 1. The fourth-order valence-electron chi connectivity index (χ4n) is 2.20. The van der Waals surface area contributed by atoms with Gasteiger partial charge in [-0.1, -0.05) is 12.1 Å². The Balaban J connectivity index is 1.82. The second-order valence-electron chi connectivity index (χ2n) is 5.16. The minimum atomic E-state index is 0.659. The predicted molar refractivity (Wildman–Crippen MR) is 87.8 cm³/mol. The lowest BCUT2D eigenvalue weighted by molar-refractivity contribution is 0.518. The van der Waals surface area contributed by atoms with Gasteiger partial charge in [0.15, 0.2) is 5.13 Å². The highest BCUT2D eigenvalue weighted by molar-refractivity contribution is 7.15. The Morgan fingerprint density at radius 1 is 1.14 bits per heavy atom. The van der Waals surface area contributed by atoms with Crippen molar-refractivity contribution in [2.24, 2.45) is 0 Å². The SMILES string of the molecule is Cc1ccc(-c2nc(NCc3ccco3)sc2C)cc1C. The van der Waals surface area contributed by atoms with E-state index in [0.29, 0.717) is 6.54 Å². The van der Waals surface area contributed by atoms with Gasteiger partial charge in [-0.15, -0.1) is 11.3 Å². The fraction of sp³-hybridized carbons (Fsp3) is 0.235. The van der Waals surface area contributed by atoms with E-state index < -0.39 is 0 Å². The van der Waals surface area contributed by atoms with Crippen LogP contribution in [0.25, 0.3) is 11.3 Å². The van der Waals surface area contributed by atoms with Crippen molar-refractivity contribution < 1.29 is 4.42 Å². The maximum absolute atomic E-state index is 5.32. The minimum Gasteiger partial charge on any atom is -0.467 e.